The molecule has 8 heteroatoms. The van der Waals surface area contributed by atoms with E-state index in [0.717, 1.165) is 20.1 Å². The zero-order valence-corrected chi connectivity index (χ0v) is 14.2. The van der Waals surface area contributed by atoms with Gasteiger partial charge in [0.25, 0.3) is 5.91 Å². The quantitative estimate of drug-likeness (QED) is 0.786. The summed E-state index contributed by atoms with van der Waals surface area (Å²) in [5, 5.41) is 9.96. The SMILES string of the molecule is CCOC(=O)CN1CCC(NC(=O)c2ccc(Cl)s2)C1.CO. The topological polar surface area (TPSA) is 78.9 Å². The molecule has 1 atom stereocenters. The first-order valence-corrected chi connectivity index (χ1v) is 8.17. The highest BCUT2D eigenvalue weighted by Crippen LogP contribution is 2.21. The van der Waals surface area contributed by atoms with E-state index in [1.807, 2.05) is 4.90 Å². The molecule has 0 spiro atoms. The summed E-state index contributed by atoms with van der Waals surface area (Å²) in [5.41, 5.74) is 0. The van der Waals surface area contributed by atoms with E-state index in [9.17, 15) is 9.59 Å². The van der Waals surface area contributed by atoms with Gasteiger partial charge in [-0.2, -0.15) is 0 Å². The molecule has 1 aromatic heterocycles. The van der Waals surface area contributed by atoms with Crippen LogP contribution in [0.2, 0.25) is 4.34 Å². The fourth-order valence-electron chi connectivity index (χ4n) is 2.18. The second-order valence-corrected chi connectivity index (χ2v) is 6.32. The van der Waals surface area contributed by atoms with E-state index < -0.39 is 0 Å². The lowest BCUT2D eigenvalue weighted by Crippen LogP contribution is -2.38. The number of aliphatic hydroxyl groups excluding tert-OH is 1. The molecule has 0 aliphatic carbocycles. The summed E-state index contributed by atoms with van der Waals surface area (Å²) in [6.07, 6.45) is 0.838. The summed E-state index contributed by atoms with van der Waals surface area (Å²) >= 11 is 7.07. The minimum atomic E-state index is -0.218. The molecule has 2 rings (SSSR count). The molecule has 0 aromatic carbocycles. The van der Waals surface area contributed by atoms with E-state index in [-0.39, 0.29) is 24.5 Å². The Kier molecular flexibility index (Phi) is 8.40. The smallest absolute Gasteiger partial charge is 0.320 e. The molecule has 22 heavy (non-hydrogen) atoms. The Bertz CT molecular complexity index is 495. The number of nitrogens with zero attached hydrogens (tertiary/aromatic N) is 1. The van der Waals surface area contributed by atoms with Crippen LogP contribution in [-0.2, 0) is 9.53 Å². The van der Waals surface area contributed by atoms with Gasteiger partial charge in [-0.25, -0.2) is 0 Å². The van der Waals surface area contributed by atoms with Gasteiger partial charge in [-0.05, 0) is 25.5 Å². The van der Waals surface area contributed by atoms with Crippen LogP contribution in [-0.4, -0.2) is 61.3 Å². The molecule has 124 valence electrons. The zero-order chi connectivity index (χ0) is 16.5. The third-order valence-corrected chi connectivity index (χ3v) is 4.29. The van der Waals surface area contributed by atoms with Gasteiger partial charge in [-0.1, -0.05) is 11.6 Å². The predicted octanol–water partition coefficient (Wildman–Crippen LogP) is 1.38. The van der Waals surface area contributed by atoms with E-state index in [4.69, 9.17) is 21.4 Å². The average molecular weight is 349 g/mol. The summed E-state index contributed by atoms with van der Waals surface area (Å²) in [6, 6.07) is 3.49. The number of amides is 1. The Labute approximate surface area is 139 Å². The highest BCUT2D eigenvalue weighted by Gasteiger charge is 2.26. The lowest BCUT2D eigenvalue weighted by atomic mass is 10.2. The number of thiophene rings is 1. The van der Waals surface area contributed by atoms with E-state index in [1.54, 1.807) is 19.1 Å². The third-order valence-electron chi connectivity index (χ3n) is 3.06. The minimum Gasteiger partial charge on any atom is -0.465 e. The number of rotatable bonds is 5. The molecular formula is C14H21ClN2O4S. The van der Waals surface area contributed by atoms with Crippen molar-refractivity contribution in [2.75, 3.05) is 33.4 Å². The normalized spacial score (nSPS) is 17.5. The van der Waals surface area contributed by atoms with Crippen molar-refractivity contribution in [3.63, 3.8) is 0 Å². The van der Waals surface area contributed by atoms with Gasteiger partial charge in [0.1, 0.15) is 0 Å². The third kappa shape index (κ3) is 5.92. The molecule has 1 aliphatic rings. The Balaban J connectivity index is 0.00000116. The molecule has 2 N–H and O–H groups in total. The highest BCUT2D eigenvalue weighted by atomic mass is 35.5. The van der Waals surface area contributed by atoms with Gasteiger partial charge >= 0.3 is 5.97 Å². The number of likely N-dealkylation sites (tertiary alicyclic amines) is 1. The fraction of sp³-hybridized carbons (Fsp3) is 0.571. The molecule has 0 bridgehead atoms. The lowest BCUT2D eigenvalue weighted by molar-refractivity contribution is -0.144. The molecule has 1 amide bonds. The van der Waals surface area contributed by atoms with Gasteiger partial charge in [-0.3, -0.25) is 14.5 Å². The monoisotopic (exact) mass is 348 g/mol. The first-order valence-electron chi connectivity index (χ1n) is 6.97. The van der Waals surface area contributed by atoms with Crippen LogP contribution in [0.25, 0.3) is 0 Å². The summed E-state index contributed by atoms with van der Waals surface area (Å²) < 4.78 is 5.51. The maximum Gasteiger partial charge on any atom is 0.320 e. The van der Waals surface area contributed by atoms with E-state index in [2.05, 4.69) is 5.32 Å². The number of carbonyl (C=O) groups is 2. The molecule has 0 radical (unpaired) electrons. The summed E-state index contributed by atoms with van der Waals surface area (Å²) in [5.74, 6) is -0.325. The number of esters is 1. The number of nitrogens with one attached hydrogen (secondary N) is 1. The molecular weight excluding hydrogens is 328 g/mol. The van der Waals surface area contributed by atoms with Gasteiger partial charge in [0.05, 0.1) is 22.4 Å². The van der Waals surface area contributed by atoms with Crippen molar-refractivity contribution in [1.82, 2.24) is 10.2 Å². The van der Waals surface area contributed by atoms with Gasteiger partial charge in [0, 0.05) is 26.2 Å². The number of carbonyl (C=O) groups excluding carboxylic acids is 2. The Morgan fingerprint density at radius 2 is 2.23 bits per heavy atom. The zero-order valence-electron chi connectivity index (χ0n) is 12.7. The van der Waals surface area contributed by atoms with Crippen molar-refractivity contribution < 1.29 is 19.4 Å². The summed E-state index contributed by atoms with van der Waals surface area (Å²) in [7, 11) is 1.00. The summed E-state index contributed by atoms with van der Waals surface area (Å²) in [6.45, 7) is 3.92. The predicted molar refractivity (Wildman–Crippen MR) is 86.4 cm³/mol. The van der Waals surface area contributed by atoms with Crippen molar-refractivity contribution in [2.45, 2.75) is 19.4 Å². The van der Waals surface area contributed by atoms with Crippen LogP contribution in [0.1, 0.15) is 23.0 Å². The van der Waals surface area contributed by atoms with Crippen molar-refractivity contribution in [2.24, 2.45) is 0 Å². The van der Waals surface area contributed by atoms with Crippen molar-refractivity contribution in [1.29, 1.82) is 0 Å². The second kappa shape index (κ2) is 9.78. The molecule has 1 saturated heterocycles. The number of ether oxygens (including phenoxy) is 1. The van der Waals surface area contributed by atoms with Gasteiger partial charge in [0.2, 0.25) is 0 Å². The minimum absolute atomic E-state index is 0.0674. The highest BCUT2D eigenvalue weighted by molar-refractivity contribution is 7.17. The van der Waals surface area contributed by atoms with E-state index in [1.165, 1.54) is 11.3 Å². The number of hydrogen-bond donors (Lipinski definition) is 2. The Hall–Kier alpha value is -1.15. The van der Waals surface area contributed by atoms with Crippen molar-refractivity contribution in [3.05, 3.63) is 21.3 Å². The number of hydrogen-bond acceptors (Lipinski definition) is 6. The first-order chi connectivity index (χ1) is 10.6. The van der Waals surface area contributed by atoms with Crippen LogP contribution in [0.15, 0.2) is 12.1 Å². The standard InChI is InChI=1S/C13H17ClN2O3S.CH4O/c1-2-19-12(17)8-16-6-5-9(7-16)15-13(18)10-3-4-11(14)20-10;1-2/h3-4,9H,2,5-8H2,1H3,(H,15,18);2H,1H3. The van der Waals surface area contributed by atoms with Crippen molar-refractivity contribution >= 4 is 34.8 Å². The van der Waals surface area contributed by atoms with Gasteiger partial charge < -0.3 is 15.2 Å². The molecule has 2 heterocycles. The van der Waals surface area contributed by atoms with Crippen LogP contribution < -0.4 is 5.32 Å². The largest absolute Gasteiger partial charge is 0.465 e. The summed E-state index contributed by atoms with van der Waals surface area (Å²) in [4.78, 5) is 26.0. The Morgan fingerprint density at radius 3 is 2.82 bits per heavy atom. The molecule has 1 aliphatic heterocycles. The Morgan fingerprint density at radius 1 is 1.50 bits per heavy atom. The average Bonchev–Trinajstić information content (AvgIpc) is 3.10. The van der Waals surface area contributed by atoms with Gasteiger partial charge in [-0.15, -0.1) is 11.3 Å². The molecule has 1 aromatic rings. The van der Waals surface area contributed by atoms with Crippen LogP contribution in [0.3, 0.4) is 0 Å². The molecule has 0 saturated carbocycles. The number of aliphatic hydroxyl groups is 1. The van der Waals surface area contributed by atoms with Crippen LogP contribution in [0.5, 0.6) is 0 Å². The maximum absolute atomic E-state index is 12.0. The lowest BCUT2D eigenvalue weighted by Gasteiger charge is -2.15. The van der Waals surface area contributed by atoms with Crippen LogP contribution >= 0.6 is 22.9 Å². The van der Waals surface area contributed by atoms with Crippen molar-refractivity contribution in [3.8, 4) is 0 Å². The molecule has 6 nitrogen and oxygen atoms in total. The molecule has 1 fully saturated rings. The molecule has 1 unspecified atom stereocenters. The van der Waals surface area contributed by atoms with Crippen LogP contribution in [0.4, 0.5) is 0 Å². The van der Waals surface area contributed by atoms with Crippen LogP contribution in [0, 0.1) is 0 Å². The fourth-order valence-corrected chi connectivity index (χ4v) is 3.12. The van der Waals surface area contributed by atoms with E-state index >= 15 is 0 Å². The maximum atomic E-state index is 12.0. The first kappa shape index (κ1) is 18.9. The second-order valence-electron chi connectivity index (χ2n) is 4.60. The number of halogens is 1. The van der Waals surface area contributed by atoms with E-state index in [0.29, 0.717) is 22.4 Å². The van der Waals surface area contributed by atoms with Gasteiger partial charge in [0.15, 0.2) is 0 Å².